The summed E-state index contributed by atoms with van der Waals surface area (Å²) in [5, 5.41) is 7.90. The third-order valence-corrected chi connectivity index (χ3v) is 3.30. The van der Waals surface area contributed by atoms with Crippen molar-refractivity contribution in [3.63, 3.8) is 0 Å². The first-order valence-electron chi connectivity index (χ1n) is 5.94. The predicted octanol–water partition coefficient (Wildman–Crippen LogP) is 2.12. The van der Waals surface area contributed by atoms with Crippen LogP contribution in [-0.2, 0) is 7.05 Å². The molecular weight excluding hydrogens is 186 g/mol. The van der Waals surface area contributed by atoms with Crippen LogP contribution in [0.4, 0.5) is 0 Å². The molecular formula is C12H21N3. The predicted molar refractivity (Wildman–Crippen MR) is 61.5 cm³/mol. The Bertz CT molecular complexity index is 318. The van der Waals surface area contributed by atoms with Crippen LogP contribution in [0, 0.1) is 11.8 Å². The van der Waals surface area contributed by atoms with Gasteiger partial charge in [-0.15, -0.1) is 0 Å². The van der Waals surface area contributed by atoms with Crippen molar-refractivity contribution in [1.82, 2.24) is 15.1 Å². The van der Waals surface area contributed by atoms with Gasteiger partial charge in [-0.2, -0.15) is 5.10 Å². The Morgan fingerprint density at radius 1 is 1.67 bits per heavy atom. The third-order valence-electron chi connectivity index (χ3n) is 3.30. The number of aromatic nitrogens is 2. The molecule has 1 heterocycles. The summed E-state index contributed by atoms with van der Waals surface area (Å²) >= 11 is 0. The molecule has 1 N–H and O–H groups in total. The lowest BCUT2D eigenvalue weighted by atomic mass is 10.0. The summed E-state index contributed by atoms with van der Waals surface area (Å²) in [5.74, 6) is 1.69. The van der Waals surface area contributed by atoms with Gasteiger partial charge in [-0.25, -0.2) is 0 Å². The number of hydrogen-bond donors (Lipinski definition) is 1. The van der Waals surface area contributed by atoms with Crippen LogP contribution in [0.15, 0.2) is 12.4 Å². The summed E-state index contributed by atoms with van der Waals surface area (Å²) in [6.07, 6.45) is 6.69. The molecule has 0 radical (unpaired) electrons. The maximum Gasteiger partial charge on any atom is 0.0537 e. The highest BCUT2D eigenvalue weighted by molar-refractivity contribution is 5.15. The Hall–Kier alpha value is -0.830. The van der Waals surface area contributed by atoms with Gasteiger partial charge in [0.25, 0.3) is 0 Å². The van der Waals surface area contributed by atoms with Crippen LogP contribution in [0.3, 0.4) is 0 Å². The van der Waals surface area contributed by atoms with Crippen molar-refractivity contribution in [3.8, 4) is 0 Å². The van der Waals surface area contributed by atoms with Gasteiger partial charge in [0, 0.05) is 24.8 Å². The van der Waals surface area contributed by atoms with Crippen LogP contribution >= 0.6 is 0 Å². The highest BCUT2D eigenvalue weighted by atomic mass is 15.2. The van der Waals surface area contributed by atoms with Gasteiger partial charge in [0.2, 0.25) is 0 Å². The average molecular weight is 207 g/mol. The fourth-order valence-corrected chi connectivity index (χ4v) is 2.23. The monoisotopic (exact) mass is 207 g/mol. The summed E-state index contributed by atoms with van der Waals surface area (Å²) in [6, 6.07) is 0.522. The molecule has 2 rings (SSSR count). The first-order chi connectivity index (χ1) is 7.22. The molecule has 1 fully saturated rings. The normalized spacial score (nSPS) is 26.6. The van der Waals surface area contributed by atoms with Gasteiger partial charge in [-0.05, 0) is 31.2 Å². The van der Waals surface area contributed by atoms with Crippen molar-refractivity contribution < 1.29 is 0 Å². The number of hydrogen-bond acceptors (Lipinski definition) is 2. The van der Waals surface area contributed by atoms with Gasteiger partial charge in [-0.1, -0.05) is 13.8 Å². The van der Waals surface area contributed by atoms with E-state index in [9.17, 15) is 0 Å². The SMILES string of the molecule is CCCNC(c1cnn(C)c1)C1CC1C. The van der Waals surface area contributed by atoms with E-state index in [1.807, 2.05) is 17.9 Å². The number of nitrogens with one attached hydrogen (secondary N) is 1. The van der Waals surface area contributed by atoms with Crippen LogP contribution < -0.4 is 5.32 Å². The molecule has 3 atom stereocenters. The van der Waals surface area contributed by atoms with E-state index in [1.165, 1.54) is 18.4 Å². The number of rotatable bonds is 5. The van der Waals surface area contributed by atoms with E-state index in [0.29, 0.717) is 6.04 Å². The Morgan fingerprint density at radius 2 is 2.40 bits per heavy atom. The molecule has 0 aliphatic heterocycles. The second-order valence-electron chi connectivity index (χ2n) is 4.76. The van der Waals surface area contributed by atoms with E-state index < -0.39 is 0 Å². The summed E-state index contributed by atoms with van der Waals surface area (Å²) in [4.78, 5) is 0. The van der Waals surface area contributed by atoms with E-state index in [0.717, 1.165) is 18.4 Å². The lowest BCUT2D eigenvalue weighted by molar-refractivity contribution is 0.462. The molecule has 0 bridgehead atoms. The lowest BCUT2D eigenvalue weighted by Crippen LogP contribution is -2.24. The topological polar surface area (TPSA) is 29.9 Å². The van der Waals surface area contributed by atoms with Gasteiger partial charge >= 0.3 is 0 Å². The van der Waals surface area contributed by atoms with Gasteiger partial charge in [-0.3, -0.25) is 4.68 Å². The summed E-state index contributed by atoms with van der Waals surface area (Å²) < 4.78 is 1.89. The zero-order chi connectivity index (χ0) is 10.8. The maximum absolute atomic E-state index is 4.26. The molecule has 1 saturated carbocycles. The zero-order valence-electron chi connectivity index (χ0n) is 9.90. The minimum absolute atomic E-state index is 0.522. The first kappa shape index (κ1) is 10.7. The summed E-state index contributed by atoms with van der Waals surface area (Å²) in [5.41, 5.74) is 1.35. The molecule has 3 heteroatoms. The molecule has 0 amide bonds. The van der Waals surface area contributed by atoms with E-state index in [-0.39, 0.29) is 0 Å². The van der Waals surface area contributed by atoms with E-state index in [1.54, 1.807) is 0 Å². The highest BCUT2D eigenvalue weighted by Gasteiger charge is 2.40. The molecule has 15 heavy (non-hydrogen) atoms. The van der Waals surface area contributed by atoms with E-state index >= 15 is 0 Å². The second kappa shape index (κ2) is 4.35. The standard InChI is InChI=1S/C12H21N3/c1-4-5-13-12(11-6-9(11)2)10-7-14-15(3)8-10/h7-9,11-13H,4-6H2,1-3H3. The Morgan fingerprint density at radius 3 is 2.87 bits per heavy atom. The van der Waals surface area contributed by atoms with Crippen LogP contribution in [0.2, 0.25) is 0 Å². The van der Waals surface area contributed by atoms with Gasteiger partial charge < -0.3 is 5.32 Å². The molecule has 1 aromatic rings. The summed E-state index contributed by atoms with van der Waals surface area (Å²) in [6.45, 7) is 5.65. The Balaban J connectivity index is 2.04. The van der Waals surface area contributed by atoms with Crippen molar-refractivity contribution in [3.05, 3.63) is 18.0 Å². The van der Waals surface area contributed by atoms with Crippen LogP contribution in [-0.4, -0.2) is 16.3 Å². The van der Waals surface area contributed by atoms with Crippen molar-refractivity contribution in [1.29, 1.82) is 0 Å². The quantitative estimate of drug-likeness (QED) is 0.801. The van der Waals surface area contributed by atoms with Crippen molar-refractivity contribution in [2.75, 3.05) is 6.54 Å². The molecule has 1 aliphatic rings. The van der Waals surface area contributed by atoms with E-state index in [2.05, 4.69) is 30.5 Å². The fraction of sp³-hybridized carbons (Fsp3) is 0.750. The van der Waals surface area contributed by atoms with Crippen LogP contribution in [0.1, 0.15) is 38.3 Å². The van der Waals surface area contributed by atoms with Crippen molar-refractivity contribution in [2.24, 2.45) is 18.9 Å². The smallest absolute Gasteiger partial charge is 0.0537 e. The second-order valence-corrected chi connectivity index (χ2v) is 4.76. The highest BCUT2D eigenvalue weighted by Crippen LogP contribution is 2.46. The zero-order valence-corrected chi connectivity index (χ0v) is 9.90. The van der Waals surface area contributed by atoms with Gasteiger partial charge in [0.15, 0.2) is 0 Å². The molecule has 1 aromatic heterocycles. The van der Waals surface area contributed by atoms with Crippen LogP contribution in [0.25, 0.3) is 0 Å². The molecule has 1 aliphatic carbocycles. The molecule has 84 valence electrons. The molecule has 0 spiro atoms. The fourth-order valence-electron chi connectivity index (χ4n) is 2.23. The average Bonchev–Trinajstić information content (AvgIpc) is 2.75. The lowest BCUT2D eigenvalue weighted by Gasteiger charge is -2.16. The maximum atomic E-state index is 4.26. The number of nitrogens with zero attached hydrogens (tertiary/aromatic N) is 2. The third kappa shape index (κ3) is 2.40. The Kier molecular flexibility index (Phi) is 3.10. The molecule has 3 nitrogen and oxygen atoms in total. The summed E-state index contributed by atoms with van der Waals surface area (Å²) in [7, 11) is 1.98. The van der Waals surface area contributed by atoms with Crippen molar-refractivity contribution >= 4 is 0 Å². The molecule has 3 unspecified atom stereocenters. The van der Waals surface area contributed by atoms with E-state index in [4.69, 9.17) is 0 Å². The largest absolute Gasteiger partial charge is 0.310 e. The Labute approximate surface area is 91.9 Å². The first-order valence-corrected chi connectivity index (χ1v) is 5.94. The van der Waals surface area contributed by atoms with Crippen LogP contribution in [0.5, 0.6) is 0 Å². The molecule has 0 aromatic carbocycles. The van der Waals surface area contributed by atoms with Gasteiger partial charge in [0.05, 0.1) is 6.20 Å². The van der Waals surface area contributed by atoms with Gasteiger partial charge in [0.1, 0.15) is 0 Å². The van der Waals surface area contributed by atoms with Crippen molar-refractivity contribution in [2.45, 2.75) is 32.7 Å². The number of aryl methyl sites for hydroxylation is 1. The molecule has 0 saturated heterocycles. The minimum atomic E-state index is 0.522. The minimum Gasteiger partial charge on any atom is -0.310 e.